The molecule has 5 nitrogen and oxygen atoms in total. The Kier molecular flexibility index (Phi) is 5.77. The maximum atomic E-state index is 12.5. The molecule has 2 amide bonds. The fraction of sp³-hybridized carbons (Fsp3) is 0.556. The SMILES string of the molecule is CC(=O)N1CCc2ccccc2C1CC(=O)N(C)CCC(C)O. The first-order valence-corrected chi connectivity index (χ1v) is 8.17. The average molecular weight is 318 g/mol. The fourth-order valence-electron chi connectivity index (χ4n) is 3.08. The second kappa shape index (κ2) is 7.59. The summed E-state index contributed by atoms with van der Waals surface area (Å²) in [6.45, 7) is 4.45. The number of amides is 2. The Labute approximate surface area is 137 Å². The lowest BCUT2D eigenvalue weighted by atomic mass is 9.90. The van der Waals surface area contributed by atoms with E-state index in [2.05, 4.69) is 6.07 Å². The molecule has 2 unspecified atom stereocenters. The third-order valence-corrected chi connectivity index (χ3v) is 4.49. The van der Waals surface area contributed by atoms with Crippen LogP contribution < -0.4 is 0 Å². The molecule has 0 bridgehead atoms. The molecule has 0 radical (unpaired) electrons. The molecule has 0 spiro atoms. The van der Waals surface area contributed by atoms with Crippen LogP contribution in [0.2, 0.25) is 0 Å². The van der Waals surface area contributed by atoms with Gasteiger partial charge in [-0.25, -0.2) is 0 Å². The molecule has 1 aliphatic heterocycles. The van der Waals surface area contributed by atoms with Crippen molar-refractivity contribution >= 4 is 11.8 Å². The standard InChI is InChI=1S/C18H26N2O3/c1-13(21)8-10-19(3)18(23)12-17-16-7-5-4-6-15(16)9-11-20(17)14(2)22/h4-7,13,17,21H,8-12H2,1-3H3. The fourth-order valence-corrected chi connectivity index (χ4v) is 3.08. The molecule has 2 rings (SSSR count). The van der Waals surface area contributed by atoms with Crippen molar-refractivity contribution in [3.05, 3.63) is 35.4 Å². The quantitative estimate of drug-likeness (QED) is 0.900. The number of hydrogen-bond donors (Lipinski definition) is 1. The minimum atomic E-state index is -0.422. The van der Waals surface area contributed by atoms with Crippen molar-refractivity contribution in [3.8, 4) is 0 Å². The van der Waals surface area contributed by atoms with Crippen LogP contribution in [0.15, 0.2) is 24.3 Å². The summed E-state index contributed by atoms with van der Waals surface area (Å²) in [7, 11) is 1.75. The van der Waals surface area contributed by atoms with E-state index in [0.29, 0.717) is 19.5 Å². The zero-order chi connectivity index (χ0) is 17.0. The van der Waals surface area contributed by atoms with E-state index < -0.39 is 6.10 Å². The van der Waals surface area contributed by atoms with E-state index in [9.17, 15) is 14.7 Å². The van der Waals surface area contributed by atoms with Gasteiger partial charge in [0.05, 0.1) is 18.6 Å². The van der Waals surface area contributed by atoms with Crippen LogP contribution in [0.3, 0.4) is 0 Å². The lowest BCUT2D eigenvalue weighted by Gasteiger charge is -2.37. The number of nitrogens with zero attached hydrogens (tertiary/aromatic N) is 2. The van der Waals surface area contributed by atoms with Crippen LogP contribution in [0.25, 0.3) is 0 Å². The average Bonchev–Trinajstić information content (AvgIpc) is 2.52. The molecule has 126 valence electrons. The van der Waals surface area contributed by atoms with Crippen molar-refractivity contribution in [1.29, 1.82) is 0 Å². The Morgan fingerprint density at radius 3 is 2.74 bits per heavy atom. The first-order chi connectivity index (χ1) is 10.9. The molecule has 0 aliphatic carbocycles. The molecule has 2 atom stereocenters. The van der Waals surface area contributed by atoms with Gasteiger partial charge < -0.3 is 14.9 Å². The molecule has 1 aromatic carbocycles. The summed E-state index contributed by atoms with van der Waals surface area (Å²) >= 11 is 0. The first-order valence-electron chi connectivity index (χ1n) is 8.17. The molecule has 1 aliphatic rings. The molecule has 1 N–H and O–H groups in total. The summed E-state index contributed by atoms with van der Waals surface area (Å²) in [4.78, 5) is 27.9. The largest absolute Gasteiger partial charge is 0.393 e. The van der Waals surface area contributed by atoms with E-state index in [1.54, 1.807) is 30.7 Å². The summed E-state index contributed by atoms with van der Waals surface area (Å²) < 4.78 is 0. The van der Waals surface area contributed by atoms with Crippen LogP contribution in [0, 0.1) is 0 Å². The number of carbonyl (C=O) groups is 2. The summed E-state index contributed by atoms with van der Waals surface area (Å²) in [6, 6.07) is 7.84. The Morgan fingerprint density at radius 1 is 1.39 bits per heavy atom. The number of rotatable bonds is 5. The van der Waals surface area contributed by atoms with Gasteiger partial charge in [-0.15, -0.1) is 0 Å². The van der Waals surface area contributed by atoms with Gasteiger partial charge in [-0.3, -0.25) is 9.59 Å². The third kappa shape index (κ3) is 4.32. The van der Waals surface area contributed by atoms with Crippen LogP contribution in [-0.4, -0.2) is 53.0 Å². The molecule has 1 heterocycles. The van der Waals surface area contributed by atoms with Crippen molar-refractivity contribution in [2.24, 2.45) is 0 Å². The van der Waals surface area contributed by atoms with Gasteiger partial charge in [0, 0.05) is 27.1 Å². The maximum Gasteiger partial charge on any atom is 0.224 e. The molecule has 5 heteroatoms. The predicted molar refractivity (Wildman–Crippen MR) is 88.8 cm³/mol. The van der Waals surface area contributed by atoms with E-state index >= 15 is 0 Å². The van der Waals surface area contributed by atoms with E-state index in [0.717, 1.165) is 12.0 Å². The third-order valence-electron chi connectivity index (χ3n) is 4.49. The van der Waals surface area contributed by atoms with E-state index in [-0.39, 0.29) is 24.3 Å². The van der Waals surface area contributed by atoms with Crippen molar-refractivity contribution in [1.82, 2.24) is 9.80 Å². The van der Waals surface area contributed by atoms with Crippen LogP contribution in [0.4, 0.5) is 0 Å². The van der Waals surface area contributed by atoms with Crippen molar-refractivity contribution in [2.75, 3.05) is 20.1 Å². The van der Waals surface area contributed by atoms with Crippen LogP contribution >= 0.6 is 0 Å². The predicted octanol–water partition coefficient (Wildman–Crippen LogP) is 1.75. The number of fused-ring (bicyclic) bond motifs is 1. The highest BCUT2D eigenvalue weighted by atomic mass is 16.3. The van der Waals surface area contributed by atoms with Crippen LogP contribution in [0.5, 0.6) is 0 Å². The van der Waals surface area contributed by atoms with E-state index in [1.165, 1.54) is 5.56 Å². The minimum Gasteiger partial charge on any atom is -0.393 e. The van der Waals surface area contributed by atoms with Gasteiger partial charge in [-0.2, -0.15) is 0 Å². The molecule has 0 saturated heterocycles. The van der Waals surface area contributed by atoms with Crippen LogP contribution in [-0.2, 0) is 16.0 Å². The van der Waals surface area contributed by atoms with Gasteiger partial charge in [-0.05, 0) is 30.9 Å². The Balaban J connectivity index is 2.14. The Hall–Kier alpha value is -1.88. The van der Waals surface area contributed by atoms with Crippen LogP contribution in [0.1, 0.15) is 43.9 Å². The molecular weight excluding hydrogens is 292 g/mol. The summed E-state index contributed by atoms with van der Waals surface area (Å²) in [5.74, 6) is 0.00235. The van der Waals surface area contributed by atoms with Gasteiger partial charge in [-0.1, -0.05) is 24.3 Å². The highest BCUT2D eigenvalue weighted by molar-refractivity contribution is 5.79. The van der Waals surface area contributed by atoms with Gasteiger partial charge in [0.25, 0.3) is 0 Å². The number of aliphatic hydroxyl groups excluding tert-OH is 1. The Morgan fingerprint density at radius 2 is 2.09 bits per heavy atom. The molecule has 0 aromatic heterocycles. The molecular formula is C18H26N2O3. The topological polar surface area (TPSA) is 60.9 Å². The summed E-state index contributed by atoms with van der Waals surface area (Å²) in [6.07, 6.45) is 1.25. The lowest BCUT2D eigenvalue weighted by molar-refractivity contribution is -0.136. The molecule has 23 heavy (non-hydrogen) atoms. The Bertz CT molecular complexity index is 571. The summed E-state index contributed by atoms with van der Waals surface area (Å²) in [5.41, 5.74) is 2.29. The molecule has 0 fully saturated rings. The van der Waals surface area contributed by atoms with Crippen molar-refractivity contribution in [2.45, 2.75) is 45.3 Å². The molecule has 1 aromatic rings. The second-order valence-electron chi connectivity index (χ2n) is 6.33. The van der Waals surface area contributed by atoms with Crippen molar-refractivity contribution < 1.29 is 14.7 Å². The highest BCUT2D eigenvalue weighted by Crippen LogP contribution is 2.32. The first kappa shape index (κ1) is 17.5. The lowest BCUT2D eigenvalue weighted by Crippen LogP contribution is -2.41. The highest BCUT2D eigenvalue weighted by Gasteiger charge is 2.31. The monoisotopic (exact) mass is 318 g/mol. The molecule has 0 saturated carbocycles. The van der Waals surface area contributed by atoms with Gasteiger partial charge in [0.1, 0.15) is 0 Å². The zero-order valence-electron chi connectivity index (χ0n) is 14.2. The van der Waals surface area contributed by atoms with Gasteiger partial charge in [0.15, 0.2) is 0 Å². The van der Waals surface area contributed by atoms with Gasteiger partial charge in [0.2, 0.25) is 11.8 Å². The smallest absolute Gasteiger partial charge is 0.224 e. The summed E-state index contributed by atoms with van der Waals surface area (Å²) in [5, 5.41) is 9.36. The second-order valence-corrected chi connectivity index (χ2v) is 6.33. The maximum absolute atomic E-state index is 12.5. The normalized spacial score (nSPS) is 18.3. The zero-order valence-corrected chi connectivity index (χ0v) is 14.2. The number of aliphatic hydroxyl groups is 1. The number of hydrogen-bond acceptors (Lipinski definition) is 3. The van der Waals surface area contributed by atoms with E-state index in [1.807, 2.05) is 18.2 Å². The number of carbonyl (C=O) groups excluding carboxylic acids is 2. The number of benzene rings is 1. The van der Waals surface area contributed by atoms with E-state index in [4.69, 9.17) is 0 Å². The van der Waals surface area contributed by atoms with Crippen molar-refractivity contribution in [3.63, 3.8) is 0 Å². The van der Waals surface area contributed by atoms with Gasteiger partial charge >= 0.3 is 0 Å². The minimum absolute atomic E-state index is 0.00129.